The zero-order chi connectivity index (χ0) is 13.1. The van der Waals surface area contributed by atoms with Crippen LogP contribution in [0.5, 0.6) is 0 Å². The Balaban J connectivity index is 2.10. The summed E-state index contributed by atoms with van der Waals surface area (Å²) in [4.78, 5) is 19.2. The largest absolute Gasteiger partial charge is 0.354 e. The molecule has 1 aliphatic rings. The molecule has 1 amide bonds. The van der Waals surface area contributed by atoms with E-state index in [0.29, 0.717) is 16.8 Å². The molecule has 0 radical (unpaired) electrons. The van der Waals surface area contributed by atoms with Gasteiger partial charge in [-0.15, -0.1) is 11.3 Å². The molecular weight excluding hydrogens is 246 g/mol. The molecule has 5 heteroatoms. The number of aromatic nitrogens is 1. The van der Waals surface area contributed by atoms with Gasteiger partial charge in [-0.05, 0) is 25.3 Å². The summed E-state index contributed by atoms with van der Waals surface area (Å²) < 4.78 is 0. The molecular formula is C13H21N3OS. The molecule has 0 unspecified atom stereocenters. The first-order valence-corrected chi connectivity index (χ1v) is 7.35. The van der Waals surface area contributed by atoms with Crippen molar-refractivity contribution >= 4 is 17.2 Å². The van der Waals surface area contributed by atoms with Crippen LogP contribution in [0.4, 0.5) is 0 Å². The molecule has 0 saturated carbocycles. The Labute approximate surface area is 112 Å². The second-order valence-corrected chi connectivity index (χ2v) is 6.25. The van der Waals surface area contributed by atoms with Crippen LogP contribution in [-0.4, -0.2) is 35.9 Å². The van der Waals surface area contributed by atoms with Gasteiger partial charge in [-0.1, -0.05) is 13.8 Å². The highest BCUT2D eigenvalue weighted by molar-refractivity contribution is 7.13. The number of carbonyl (C=O) groups is 1. The molecule has 0 spiro atoms. The first-order chi connectivity index (χ1) is 8.61. The van der Waals surface area contributed by atoms with Gasteiger partial charge in [0, 0.05) is 13.6 Å². The van der Waals surface area contributed by atoms with Gasteiger partial charge in [-0.25, -0.2) is 4.98 Å². The van der Waals surface area contributed by atoms with E-state index in [1.165, 1.54) is 17.8 Å². The monoisotopic (exact) mass is 267 g/mol. The fraction of sp³-hybridized carbons (Fsp3) is 0.692. The summed E-state index contributed by atoms with van der Waals surface area (Å²) in [5.74, 6) is 0.635. The van der Waals surface area contributed by atoms with Gasteiger partial charge >= 0.3 is 0 Å². The van der Waals surface area contributed by atoms with Crippen LogP contribution < -0.4 is 5.32 Å². The fourth-order valence-corrected chi connectivity index (χ4v) is 3.50. The number of hydrogen-bond donors (Lipinski definition) is 1. The Kier molecular flexibility index (Phi) is 4.35. The normalized spacial score (nSPS) is 20.6. The molecule has 1 aromatic heterocycles. The van der Waals surface area contributed by atoms with E-state index >= 15 is 0 Å². The van der Waals surface area contributed by atoms with Crippen LogP contribution >= 0.6 is 11.3 Å². The topological polar surface area (TPSA) is 45.2 Å². The minimum absolute atomic E-state index is 0.0350. The van der Waals surface area contributed by atoms with Crippen molar-refractivity contribution in [2.45, 2.75) is 32.7 Å². The summed E-state index contributed by atoms with van der Waals surface area (Å²) in [5.41, 5.74) is 0. The van der Waals surface area contributed by atoms with Crippen molar-refractivity contribution in [3.63, 3.8) is 0 Å². The van der Waals surface area contributed by atoms with E-state index < -0.39 is 0 Å². The third kappa shape index (κ3) is 2.90. The first kappa shape index (κ1) is 13.5. The Morgan fingerprint density at radius 3 is 3.11 bits per heavy atom. The van der Waals surface area contributed by atoms with Crippen LogP contribution in [0.2, 0.25) is 0 Å². The van der Waals surface area contributed by atoms with Crippen molar-refractivity contribution in [3.05, 3.63) is 16.1 Å². The number of rotatable bonds is 4. The van der Waals surface area contributed by atoms with Gasteiger partial charge in [-0.3, -0.25) is 9.69 Å². The molecule has 0 bridgehead atoms. The molecule has 18 heavy (non-hydrogen) atoms. The Bertz CT molecular complexity index is 416. The summed E-state index contributed by atoms with van der Waals surface area (Å²) in [6.07, 6.45) is 4.09. The van der Waals surface area contributed by atoms with Gasteiger partial charge in [0.1, 0.15) is 9.88 Å². The predicted octanol–water partition coefficient (Wildman–Crippen LogP) is 2.30. The van der Waals surface area contributed by atoms with E-state index in [0.717, 1.165) is 24.5 Å². The Morgan fingerprint density at radius 1 is 1.67 bits per heavy atom. The van der Waals surface area contributed by atoms with E-state index in [1.807, 2.05) is 0 Å². The molecule has 2 heterocycles. The van der Waals surface area contributed by atoms with E-state index in [9.17, 15) is 4.79 Å². The van der Waals surface area contributed by atoms with Gasteiger partial charge < -0.3 is 5.32 Å². The summed E-state index contributed by atoms with van der Waals surface area (Å²) in [5, 5.41) is 3.74. The molecule has 1 saturated heterocycles. The van der Waals surface area contributed by atoms with Gasteiger partial charge in [0.25, 0.3) is 5.91 Å². The van der Waals surface area contributed by atoms with Crippen LogP contribution in [0.15, 0.2) is 6.20 Å². The fourth-order valence-electron chi connectivity index (χ4n) is 2.46. The lowest BCUT2D eigenvalue weighted by molar-refractivity contribution is 0.0967. The van der Waals surface area contributed by atoms with Gasteiger partial charge in [0.15, 0.2) is 0 Å². The van der Waals surface area contributed by atoms with Crippen molar-refractivity contribution in [3.8, 4) is 0 Å². The minimum Gasteiger partial charge on any atom is -0.354 e. The molecule has 2 rings (SSSR count). The lowest BCUT2D eigenvalue weighted by atomic mass is 10.2. The lowest BCUT2D eigenvalue weighted by Gasteiger charge is -2.24. The summed E-state index contributed by atoms with van der Waals surface area (Å²) in [6, 6.07) is 0.413. The molecule has 0 aliphatic carbocycles. The molecule has 100 valence electrons. The van der Waals surface area contributed by atoms with Crippen LogP contribution in [0.1, 0.15) is 47.4 Å². The molecule has 1 aliphatic heterocycles. The van der Waals surface area contributed by atoms with Crippen LogP contribution in [0, 0.1) is 5.92 Å². The third-order valence-electron chi connectivity index (χ3n) is 3.22. The number of nitrogens with zero attached hydrogens (tertiary/aromatic N) is 2. The van der Waals surface area contributed by atoms with Crippen molar-refractivity contribution < 1.29 is 4.79 Å². The first-order valence-electron chi connectivity index (χ1n) is 6.53. The Morgan fingerprint density at radius 2 is 2.44 bits per heavy atom. The van der Waals surface area contributed by atoms with E-state index in [1.54, 1.807) is 13.2 Å². The van der Waals surface area contributed by atoms with Gasteiger partial charge in [0.05, 0.1) is 12.2 Å². The van der Waals surface area contributed by atoms with E-state index in [-0.39, 0.29) is 5.91 Å². The number of amides is 1. The smallest absolute Gasteiger partial charge is 0.262 e. The maximum Gasteiger partial charge on any atom is 0.262 e. The average molecular weight is 267 g/mol. The second-order valence-electron chi connectivity index (χ2n) is 5.19. The number of likely N-dealkylation sites (tertiary alicyclic amines) is 1. The highest BCUT2D eigenvalue weighted by atomic mass is 32.1. The standard InChI is InChI=1S/C13H21N3OS/c1-9(2)8-16-6-4-5-10(16)13-15-7-11(18-13)12(17)14-3/h7,9-10H,4-6,8H2,1-3H3,(H,14,17)/t10-/m1/s1. The van der Waals surface area contributed by atoms with Crippen molar-refractivity contribution in [1.29, 1.82) is 0 Å². The third-order valence-corrected chi connectivity index (χ3v) is 4.32. The number of hydrogen-bond acceptors (Lipinski definition) is 4. The maximum atomic E-state index is 11.5. The number of nitrogens with one attached hydrogen (secondary N) is 1. The quantitative estimate of drug-likeness (QED) is 0.910. The van der Waals surface area contributed by atoms with E-state index in [4.69, 9.17) is 0 Å². The highest BCUT2D eigenvalue weighted by Crippen LogP contribution is 2.34. The second kappa shape index (κ2) is 5.80. The maximum absolute atomic E-state index is 11.5. The molecule has 1 N–H and O–H groups in total. The lowest BCUT2D eigenvalue weighted by Crippen LogP contribution is -2.27. The van der Waals surface area contributed by atoms with Gasteiger partial charge in [-0.2, -0.15) is 0 Å². The molecule has 4 nitrogen and oxygen atoms in total. The van der Waals surface area contributed by atoms with Crippen LogP contribution in [-0.2, 0) is 0 Å². The van der Waals surface area contributed by atoms with Crippen molar-refractivity contribution in [1.82, 2.24) is 15.2 Å². The SMILES string of the molecule is CNC(=O)c1cnc([C@H]2CCCN2CC(C)C)s1. The highest BCUT2D eigenvalue weighted by Gasteiger charge is 2.29. The summed E-state index contributed by atoms with van der Waals surface area (Å²) in [7, 11) is 1.66. The zero-order valence-corrected chi connectivity index (χ0v) is 12.1. The van der Waals surface area contributed by atoms with E-state index in [2.05, 4.69) is 29.0 Å². The predicted molar refractivity (Wildman–Crippen MR) is 73.9 cm³/mol. The number of carbonyl (C=O) groups excluding carboxylic acids is 1. The number of thiazole rings is 1. The van der Waals surface area contributed by atoms with Crippen molar-refractivity contribution in [2.24, 2.45) is 5.92 Å². The molecule has 1 atom stereocenters. The van der Waals surface area contributed by atoms with Crippen LogP contribution in [0.3, 0.4) is 0 Å². The average Bonchev–Trinajstić information content (AvgIpc) is 2.95. The van der Waals surface area contributed by atoms with Gasteiger partial charge in [0.2, 0.25) is 0 Å². The molecule has 1 aromatic rings. The minimum atomic E-state index is -0.0350. The zero-order valence-electron chi connectivity index (χ0n) is 11.3. The molecule has 1 fully saturated rings. The summed E-state index contributed by atoms with van der Waals surface area (Å²) in [6.45, 7) is 6.75. The van der Waals surface area contributed by atoms with Crippen molar-refractivity contribution in [2.75, 3.05) is 20.1 Å². The van der Waals surface area contributed by atoms with Crippen LogP contribution in [0.25, 0.3) is 0 Å². The summed E-state index contributed by atoms with van der Waals surface area (Å²) >= 11 is 1.53. The molecule has 0 aromatic carbocycles. The Hall–Kier alpha value is -0.940.